The SMILES string of the molecule is CC(C)NCc1cccc(CN(CC2CC2)CC2CC2)c1. The Balaban J connectivity index is 1.56. The molecule has 0 aromatic heterocycles. The number of nitrogens with zero attached hydrogens (tertiary/aromatic N) is 1. The van der Waals surface area contributed by atoms with Crippen LogP contribution in [0.1, 0.15) is 50.7 Å². The maximum absolute atomic E-state index is 3.51. The minimum Gasteiger partial charge on any atom is -0.310 e. The average Bonchev–Trinajstić information content (AvgIpc) is 3.33. The van der Waals surface area contributed by atoms with Gasteiger partial charge >= 0.3 is 0 Å². The second-order valence-corrected chi connectivity index (χ2v) is 7.44. The monoisotopic (exact) mass is 286 g/mol. The number of hydrogen-bond donors (Lipinski definition) is 1. The highest BCUT2D eigenvalue weighted by Gasteiger charge is 2.29. The molecular formula is C19H30N2. The number of nitrogens with one attached hydrogen (secondary N) is 1. The highest BCUT2D eigenvalue weighted by atomic mass is 15.1. The largest absolute Gasteiger partial charge is 0.310 e. The molecule has 0 aliphatic heterocycles. The fourth-order valence-corrected chi connectivity index (χ4v) is 2.95. The zero-order valence-electron chi connectivity index (χ0n) is 13.6. The molecule has 0 atom stereocenters. The minimum absolute atomic E-state index is 0.551. The van der Waals surface area contributed by atoms with Crippen molar-refractivity contribution in [2.45, 2.75) is 58.7 Å². The average molecular weight is 286 g/mol. The fourth-order valence-electron chi connectivity index (χ4n) is 2.95. The van der Waals surface area contributed by atoms with Gasteiger partial charge in [0.25, 0.3) is 0 Å². The first-order valence-corrected chi connectivity index (χ1v) is 8.72. The Morgan fingerprint density at radius 1 is 1.05 bits per heavy atom. The Morgan fingerprint density at radius 2 is 1.67 bits per heavy atom. The van der Waals surface area contributed by atoms with Gasteiger partial charge in [0.2, 0.25) is 0 Å². The molecule has 0 saturated heterocycles. The van der Waals surface area contributed by atoms with Crippen LogP contribution >= 0.6 is 0 Å². The normalized spacial score (nSPS) is 18.7. The van der Waals surface area contributed by atoms with Crippen molar-refractivity contribution in [1.82, 2.24) is 10.2 Å². The van der Waals surface area contributed by atoms with Gasteiger partial charge in [0.05, 0.1) is 0 Å². The summed E-state index contributed by atoms with van der Waals surface area (Å²) in [6.45, 7) is 9.18. The van der Waals surface area contributed by atoms with E-state index in [1.807, 2.05) is 0 Å². The third kappa shape index (κ3) is 5.44. The summed E-state index contributed by atoms with van der Waals surface area (Å²) in [5.74, 6) is 1.99. The molecule has 2 aliphatic carbocycles. The lowest BCUT2D eigenvalue weighted by atomic mass is 10.1. The number of hydrogen-bond acceptors (Lipinski definition) is 2. The molecule has 1 aromatic carbocycles. The van der Waals surface area contributed by atoms with Crippen LogP contribution in [0.15, 0.2) is 24.3 Å². The molecule has 0 unspecified atom stereocenters. The third-order valence-corrected chi connectivity index (χ3v) is 4.54. The molecule has 2 fully saturated rings. The van der Waals surface area contributed by atoms with E-state index in [4.69, 9.17) is 0 Å². The Bertz CT molecular complexity index is 433. The number of rotatable bonds is 9. The molecule has 116 valence electrons. The van der Waals surface area contributed by atoms with E-state index in [1.54, 1.807) is 0 Å². The molecule has 0 spiro atoms. The maximum Gasteiger partial charge on any atom is 0.0234 e. The van der Waals surface area contributed by atoms with E-state index in [2.05, 4.69) is 48.3 Å². The van der Waals surface area contributed by atoms with Crippen LogP contribution in [0.25, 0.3) is 0 Å². The van der Waals surface area contributed by atoms with Crippen molar-refractivity contribution in [2.24, 2.45) is 11.8 Å². The van der Waals surface area contributed by atoms with Crippen LogP contribution in [-0.2, 0) is 13.1 Å². The molecule has 2 nitrogen and oxygen atoms in total. The van der Waals surface area contributed by atoms with Gasteiger partial charge in [-0.15, -0.1) is 0 Å². The van der Waals surface area contributed by atoms with E-state index in [0.29, 0.717) is 6.04 Å². The lowest BCUT2D eigenvalue weighted by Crippen LogP contribution is -2.28. The Morgan fingerprint density at radius 3 is 2.24 bits per heavy atom. The smallest absolute Gasteiger partial charge is 0.0234 e. The molecule has 1 N–H and O–H groups in total. The van der Waals surface area contributed by atoms with Gasteiger partial charge < -0.3 is 5.32 Å². The van der Waals surface area contributed by atoms with E-state index in [0.717, 1.165) is 24.9 Å². The summed E-state index contributed by atoms with van der Waals surface area (Å²) in [7, 11) is 0. The van der Waals surface area contributed by atoms with Gasteiger partial charge in [0.15, 0.2) is 0 Å². The van der Waals surface area contributed by atoms with Crippen molar-refractivity contribution < 1.29 is 0 Å². The molecule has 0 amide bonds. The maximum atomic E-state index is 3.51. The lowest BCUT2D eigenvalue weighted by molar-refractivity contribution is 0.244. The highest BCUT2D eigenvalue weighted by Crippen LogP contribution is 2.34. The molecule has 1 aromatic rings. The van der Waals surface area contributed by atoms with Crippen molar-refractivity contribution in [3.05, 3.63) is 35.4 Å². The molecule has 2 aliphatic rings. The van der Waals surface area contributed by atoms with Gasteiger partial charge in [-0.05, 0) is 48.6 Å². The van der Waals surface area contributed by atoms with Gasteiger partial charge in [-0.3, -0.25) is 4.90 Å². The van der Waals surface area contributed by atoms with Crippen LogP contribution in [0.5, 0.6) is 0 Å². The second-order valence-electron chi connectivity index (χ2n) is 7.44. The summed E-state index contributed by atoms with van der Waals surface area (Å²) in [6.07, 6.45) is 5.83. The van der Waals surface area contributed by atoms with Gasteiger partial charge in [0, 0.05) is 32.2 Å². The molecule has 0 heterocycles. The van der Waals surface area contributed by atoms with Crippen LogP contribution in [0.3, 0.4) is 0 Å². The summed E-state index contributed by atoms with van der Waals surface area (Å²) >= 11 is 0. The fraction of sp³-hybridized carbons (Fsp3) is 0.684. The zero-order valence-corrected chi connectivity index (χ0v) is 13.6. The topological polar surface area (TPSA) is 15.3 Å². The Kier molecular flexibility index (Phi) is 4.97. The molecule has 2 saturated carbocycles. The predicted molar refractivity (Wildman–Crippen MR) is 89.1 cm³/mol. The highest BCUT2D eigenvalue weighted by molar-refractivity contribution is 5.23. The Labute approximate surface area is 129 Å². The zero-order chi connectivity index (χ0) is 14.7. The first-order valence-electron chi connectivity index (χ1n) is 8.72. The summed E-state index contributed by atoms with van der Waals surface area (Å²) in [4.78, 5) is 2.71. The van der Waals surface area contributed by atoms with E-state index >= 15 is 0 Å². The summed E-state index contributed by atoms with van der Waals surface area (Å²) < 4.78 is 0. The van der Waals surface area contributed by atoms with Crippen LogP contribution in [0.2, 0.25) is 0 Å². The van der Waals surface area contributed by atoms with E-state index < -0.39 is 0 Å². The van der Waals surface area contributed by atoms with Crippen LogP contribution < -0.4 is 5.32 Å². The van der Waals surface area contributed by atoms with E-state index in [1.165, 1.54) is 49.9 Å². The van der Waals surface area contributed by atoms with E-state index in [9.17, 15) is 0 Å². The summed E-state index contributed by atoms with van der Waals surface area (Å²) in [5.41, 5.74) is 2.90. The van der Waals surface area contributed by atoms with Crippen molar-refractivity contribution in [3.8, 4) is 0 Å². The molecular weight excluding hydrogens is 256 g/mol. The number of benzene rings is 1. The van der Waals surface area contributed by atoms with Gasteiger partial charge in [-0.25, -0.2) is 0 Å². The van der Waals surface area contributed by atoms with Crippen molar-refractivity contribution >= 4 is 0 Å². The summed E-state index contributed by atoms with van der Waals surface area (Å²) in [5, 5.41) is 3.51. The molecule has 2 heteroatoms. The first kappa shape index (κ1) is 15.1. The summed E-state index contributed by atoms with van der Waals surface area (Å²) in [6, 6.07) is 9.70. The third-order valence-electron chi connectivity index (χ3n) is 4.54. The van der Waals surface area contributed by atoms with Gasteiger partial charge in [0.1, 0.15) is 0 Å². The quantitative estimate of drug-likeness (QED) is 0.742. The standard InChI is InChI=1S/C19H30N2/c1-15(2)20-11-18-4-3-5-19(10-18)14-21(12-16-6-7-16)13-17-8-9-17/h3-5,10,15-17,20H,6-9,11-14H2,1-2H3. The molecule has 21 heavy (non-hydrogen) atoms. The Hall–Kier alpha value is -0.860. The lowest BCUT2D eigenvalue weighted by Gasteiger charge is -2.22. The van der Waals surface area contributed by atoms with Crippen molar-refractivity contribution in [1.29, 1.82) is 0 Å². The van der Waals surface area contributed by atoms with Crippen molar-refractivity contribution in [2.75, 3.05) is 13.1 Å². The van der Waals surface area contributed by atoms with Crippen LogP contribution in [-0.4, -0.2) is 24.0 Å². The second kappa shape index (κ2) is 6.93. The molecule has 0 bridgehead atoms. The van der Waals surface area contributed by atoms with Crippen molar-refractivity contribution in [3.63, 3.8) is 0 Å². The van der Waals surface area contributed by atoms with Crippen LogP contribution in [0, 0.1) is 11.8 Å². The van der Waals surface area contributed by atoms with Gasteiger partial charge in [-0.2, -0.15) is 0 Å². The molecule has 3 rings (SSSR count). The van der Waals surface area contributed by atoms with Crippen LogP contribution in [0.4, 0.5) is 0 Å². The predicted octanol–water partition coefficient (Wildman–Crippen LogP) is 3.81. The van der Waals surface area contributed by atoms with Gasteiger partial charge in [-0.1, -0.05) is 38.1 Å². The first-order chi connectivity index (χ1) is 10.2. The molecule has 0 radical (unpaired) electrons. The van der Waals surface area contributed by atoms with E-state index in [-0.39, 0.29) is 0 Å². The minimum atomic E-state index is 0.551.